The molecular weight excluding hydrogens is 420 g/mol. The van der Waals surface area contributed by atoms with Gasteiger partial charge in [-0.2, -0.15) is 13.5 Å². The molecule has 1 saturated heterocycles. The summed E-state index contributed by atoms with van der Waals surface area (Å²) in [6.45, 7) is 7.07. The second-order valence-corrected chi connectivity index (χ2v) is 8.01. The van der Waals surface area contributed by atoms with Crippen LogP contribution in [0.4, 0.5) is 11.6 Å². The van der Waals surface area contributed by atoms with Crippen LogP contribution in [-0.2, 0) is 0 Å². The van der Waals surface area contributed by atoms with Gasteiger partial charge in [-0.25, -0.2) is 15.0 Å². The van der Waals surface area contributed by atoms with Gasteiger partial charge in [-0.1, -0.05) is 25.1 Å². The number of rotatable bonds is 7. The van der Waals surface area contributed by atoms with E-state index in [9.17, 15) is 0 Å². The number of methoxy groups -OCH3 is 1. The van der Waals surface area contributed by atoms with E-state index in [0.717, 1.165) is 61.4 Å². The van der Waals surface area contributed by atoms with Crippen molar-refractivity contribution in [2.75, 3.05) is 57.1 Å². The second kappa shape index (κ2) is 11.2. The van der Waals surface area contributed by atoms with E-state index >= 15 is 0 Å². The summed E-state index contributed by atoms with van der Waals surface area (Å²) in [7, 11) is 3.87. The molecule has 2 aromatic heterocycles. The molecular formula is C24H32N6OS. The third-order valence-electron chi connectivity index (χ3n) is 5.80. The van der Waals surface area contributed by atoms with E-state index in [1.165, 1.54) is 5.56 Å². The standard InChI is InChI=1S/C24H30N6O.H2S/c1-18(20-6-4-5-7-22(20)31-3)15-25-23-14-21(27-17-28-23)19-8-9-24(26-16-19)30-12-10-29(2)11-13-30;/h4-9,14,16-18H,10-13,15H2,1-3H3,(H,25,27,28);1H2/t18-;/m1./s1. The lowest BCUT2D eigenvalue weighted by atomic mass is 10.00. The smallest absolute Gasteiger partial charge is 0.129 e. The number of nitrogens with zero attached hydrogens (tertiary/aromatic N) is 5. The Hall–Kier alpha value is -2.84. The molecule has 1 N–H and O–H groups in total. The molecule has 0 saturated carbocycles. The van der Waals surface area contributed by atoms with Crippen molar-refractivity contribution in [3.63, 3.8) is 0 Å². The Bertz CT molecular complexity index is 992. The van der Waals surface area contributed by atoms with Crippen LogP contribution in [0.25, 0.3) is 11.3 Å². The number of ether oxygens (including phenoxy) is 1. The second-order valence-electron chi connectivity index (χ2n) is 8.01. The third-order valence-corrected chi connectivity index (χ3v) is 5.80. The van der Waals surface area contributed by atoms with Crippen molar-refractivity contribution in [2.45, 2.75) is 12.8 Å². The molecule has 7 nitrogen and oxygen atoms in total. The highest BCUT2D eigenvalue weighted by Crippen LogP contribution is 2.27. The lowest BCUT2D eigenvalue weighted by Gasteiger charge is -2.33. The molecule has 4 rings (SSSR count). The lowest BCUT2D eigenvalue weighted by molar-refractivity contribution is 0.312. The van der Waals surface area contributed by atoms with E-state index in [1.54, 1.807) is 13.4 Å². The SMILES string of the molecule is COc1ccccc1[C@H](C)CNc1cc(-c2ccc(N3CCN(C)CC3)nc2)ncn1.S. The number of benzene rings is 1. The average Bonchev–Trinajstić information content (AvgIpc) is 2.83. The molecule has 8 heteroatoms. The molecule has 0 aliphatic carbocycles. The van der Waals surface area contributed by atoms with E-state index in [4.69, 9.17) is 4.74 Å². The molecule has 1 aliphatic rings. The van der Waals surface area contributed by atoms with E-state index in [1.807, 2.05) is 30.5 Å². The maximum absolute atomic E-state index is 5.49. The van der Waals surface area contributed by atoms with Gasteiger partial charge in [-0.05, 0) is 30.8 Å². The van der Waals surface area contributed by atoms with Crippen LogP contribution in [0.1, 0.15) is 18.4 Å². The number of nitrogens with one attached hydrogen (secondary N) is 1. The van der Waals surface area contributed by atoms with Crippen molar-refractivity contribution in [1.82, 2.24) is 19.9 Å². The molecule has 170 valence electrons. The minimum absolute atomic E-state index is 0. The van der Waals surface area contributed by atoms with E-state index < -0.39 is 0 Å². The predicted molar refractivity (Wildman–Crippen MR) is 135 cm³/mol. The third kappa shape index (κ3) is 5.69. The number of piperazine rings is 1. The Morgan fingerprint density at radius 2 is 1.81 bits per heavy atom. The van der Waals surface area contributed by atoms with Gasteiger partial charge in [0.15, 0.2) is 0 Å². The topological polar surface area (TPSA) is 66.4 Å². The monoisotopic (exact) mass is 452 g/mol. The summed E-state index contributed by atoms with van der Waals surface area (Å²) in [6.07, 6.45) is 3.50. The summed E-state index contributed by atoms with van der Waals surface area (Å²) in [5, 5.41) is 3.43. The average molecular weight is 453 g/mol. The number of hydrogen-bond acceptors (Lipinski definition) is 7. The van der Waals surface area contributed by atoms with Gasteiger partial charge in [-0.15, -0.1) is 0 Å². The van der Waals surface area contributed by atoms with Crippen molar-refractivity contribution < 1.29 is 4.74 Å². The van der Waals surface area contributed by atoms with Crippen LogP contribution in [0.2, 0.25) is 0 Å². The molecule has 0 radical (unpaired) electrons. The quantitative estimate of drug-likeness (QED) is 0.587. The maximum atomic E-state index is 5.49. The zero-order chi connectivity index (χ0) is 21.6. The van der Waals surface area contributed by atoms with Gasteiger partial charge in [0.1, 0.15) is 23.7 Å². The number of aromatic nitrogens is 3. The first-order valence-electron chi connectivity index (χ1n) is 10.7. The molecule has 1 atom stereocenters. The van der Waals surface area contributed by atoms with Crippen molar-refractivity contribution in [2.24, 2.45) is 0 Å². The summed E-state index contributed by atoms with van der Waals surface area (Å²) in [6, 6.07) is 14.3. The van der Waals surface area contributed by atoms with Crippen LogP contribution >= 0.6 is 13.5 Å². The fourth-order valence-corrected chi connectivity index (χ4v) is 3.81. The van der Waals surface area contributed by atoms with Gasteiger partial charge < -0.3 is 19.9 Å². The largest absolute Gasteiger partial charge is 0.496 e. The molecule has 3 aromatic rings. The van der Waals surface area contributed by atoms with Gasteiger partial charge in [0, 0.05) is 56.5 Å². The van der Waals surface area contributed by atoms with Gasteiger partial charge in [0.2, 0.25) is 0 Å². The fourth-order valence-electron chi connectivity index (χ4n) is 3.81. The Balaban J connectivity index is 0.00000289. The first kappa shape index (κ1) is 23.8. The molecule has 1 fully saturated rings. The van der Waals surface area contributed by atoms with Gasteiger partial charge in [0.25, 0.3) is 0 Å². The van der Waals surface area contributed by atoms with E-state index in [2.05, 4.69) is 62.2 Å². The number of pyridine rings is 1. The summed E-state index contributed by atoms with van der Waals surface area (Å²) in [4.78, 5) is 18.2. The van der Waals surface area contributed by atoms with Crippen LogP contribution in [0.3, 0.4) is 0 Å². The highest BCUT2D eigenvalue weighted by atomic mass is 32.1. The number of hydrogen-bond donors (Lipinski definition) is 1. The first-order valence-corrected chi connectivity index (χ1v) is 10.7. The summed E-state index contributed by atoms with van der Waals surface area (Å²) >= 11 is 0. The van der Waals surface area contributed by atoms with Crippen LogP contribution in [-0.4, -0.2) is 66.7 Å². The van der Waals surface area contributed by atoms with Crippen LogP contribution < -0.4 is 15.0 Å². The number of para-hydroxylation sites is 1. The van der Waals surface area contributed by atoms with Gasteiger partial charge in [0.05, 0.1) is 12.8 Å². The summed E-state index contributed by atoms with van der Waals surface area (Å²) in [5.41, 5.74) is 3.02. The molecule has 1 aromatic carbocycles. The van der Waals surface area contributed by atoms with E-state index in [0.29, 0.717) is 0 Å². The summed E-state index contributed by atoms with van der Waals surface area (Å²) < 4.78 is 5.49. The van der Waals surface area contributed by atoms with Crippen molar-refractivity contribution in [1.29, 1.82) is 0 Å². The maximum Gasteiger partial charge on any atom is 0.129 e. The normalized spacial score (nSPS) is 15.0. The van der Waals surface area contributed by atoms with Crippen LogP contribution in [0, 0.1) is 0 Å². The Morgan fingerprint density at radius 1 is 1.03 bits per heavy atom. The van der Waals surface area contributed by atoms with Crippen molar-refractivity contribution in [3.8, 4) is 17.0 Å². The van der Waals surface area contributed by atoms with Gasteiger partial charge in [-0.3, -0.25) is 0 Å². The van der Waals surface area contributed by atoms with Gasteiger partial charge >= 0.3 is 0 Å². The van der Waals surface area contributed by atoms with Crippen LogP contribution in [0.5, 0.6) is 5.75 Å². The molecule has 0 unspecified atom stereocenters. The Morgan fingerprint density at radius 3 is 2.53 bits per heavy atom. The zero-order valence-electron chi connectivity index (χ0n) is 19.0. The number of likely N-dealkylation sites (N-methyl/N-ethyl adjacent to an activating group) is 1. The molecule has 32 heavy (non-hydrogen) atoms. The number of anilines is 2. The molecule has 0 spiro atoms. The molecule has 0 bridgehead atoms. The highest BCUT2D eigenvalue weighted by molar-refractivity contribution is 7.59. The summed E-state index contributed by atoms with van der Waals surface area (Å²) in [5.74, 6) is 3.01. The highest BCUT2D eigenvalue weighted by Gasteiger charge is 2.15. The molecule has 3 heterocycles. The van der Waals surface area contributed by atoms with Crippen LogP contribution in [0.15, 0.2) is 55.0 Å². The van der Waals surface area contributed by atoms with Crippen molar-refractivity contribution >= 4 is 25.1 Å². The molecule has 0 amide bonds. The Labute approximate surface area is 197 Å². The zero-order valence-corrected chi connectivity index (χ0v) is 20.0. The first-order chi connectivity index (χ1) is 15.1. The Kier molecular flexibility index (Phi) is 8.30. The predicted octanol–water partition coefficient (Wildman–Crippen LogP) is 3.63. The minimum Gasteiger partial charge on any atom is -0.496 e. The lowest BCUT2D eigenvalue weighted by Crippen LogP contribution is -2.44. The minimum atomic E-state index is 0. The molecule has 1 aliphatic heterocycles. The fraction of sp³-hybridized carbons (Fsp3) is 0.375. The van der Waals surface area contributed by atoms with E-state index in [-0.39, 0.29) is 19.4 Å². The van der Waals surface area contributed by atoms with Crippen molar-refractivity contribution in [3.05, 3.63) is 60.6 Å².